The summed E-state index contributed by atoms with van der Waals surface area (Å²) in [7, 11) is 0. The van der Waals surface area contributed by atoms with Gasteiger partial charge in [0.1, 0.15) is 0 Å². The molecule has 0 saturated carbocycles. The highest BCUT2D eigenvalue weighted by atomic mass is 14.9. The van der Waals surface area contributed by atoms with E-state index >= 15 is 0 Å². The Morgan fingerprint density at radius 2 is 2.07 bits per heavy atom. The Morgan fingerprint density at radius 1 is 1.43 bits per heavy atom. The first-order valence-corrected chi connectivity index (χ1v) is 5.19. The van der Waals surface area contributed by atoms with Crippen molar-refractivity contribution in [2.45, 2.75) is 40.5 Å². The first kappa shape index (κ1) is 13.2. The van der Waals surface area contributed by atoms with Crippen molar-refractivity contribution < 1.29 is 0 Å². The number of hydrogen-bond donors (Lipinski definition) is 1. The number of rotatable bonds is 6. The molecule has 0 aliphatic carbocycles. The van der Waals surface area contributed by atoms with E-state index in [-0.39, 0.29) is 5.41 Å². The molecule has 1 N–H and O–H groups in total. The van der Waals surface area contributed by atoms with Gasteiger partial charge in [0, 0.05) is 19.5 Å². The van der Waals surface area contributed by atoms with Crippen molar-refractivity contribution in [3.05, 3.63) is 11.6 Å². The number of hydrogen-bond acceptors (Lipinski definition) is 2. The Balaban J connectivity index is 3.66. The maximum absolute atomic E-state index is 8.49. The van der Waals surface area contributed by atoms with Crippen LogP contribution in [-0.2, 0) is 0 Å². The second-order valence-electron chi connectivity index (χ2n) is 4.73. The Labute approximate surface area is 88.0 Å². The minimum atomic E-state index is 0.227. The van der Waals surface area contributed by atoms with Crippen LogP contribution in [0.25, 0.3) is 0 Å². The smallest absolute Gasteiger partial charge is 0.0621 e. The third-order valence-corrected chi connectivity index (χ3v) is 2.17. The molecule has 0 rings (SSSR count). The zero-order valence-electron chi connectivity index (χ0n) is 9.85. The molecule has 2 nitrogen and oxygen atoms in total. The predicted molar refractivity (Wildman–Crippen MR) is 60.9 cm³/mol. The summed E-state index contributed by atoms with van der Waals surface area (Å²) in [5, 5.41) is 11.9. The molecule has 0 aromatic carbocycles. The SMILES string of the molecule is CC(C)=CCNCC(C)(C)CCC#N. The van der Waals surface area contributed by atoms with Crippen molar-refractivity contribution in [3.8, 4) is 6.07 Å². The zero-order chi connectivity index (χ0) is 11.0. The highest BCUT2D eigenvalue weighted by molar-refractivity contribution is 4.94. The molecular formula is C12H22N2. The van der Waals surface area contributed by atoms with Gasteiger partial charge in [0.15, 0.2) is 0 Å². The first-order valence-electron chi connectivity index (χ1n) is 5.19. The van der Waals surface area contributed by atoms with E-state index in [2.05, 4.69) is 45.2 Å². The minimum absolute atomic E-state index is 0.227. The van der Waals surface area contributed by atoms with E-state index in [0.29, 0.717) is 6.42 Å². The molecule has 0 unspecified atom stereocenters. The van der Waals surface area contributed by atoms with Gasteiger partial charge in [0.2, 0.25) is 0 Å². The lowest BCUT2D eigenvalue weighted by Gasteiger charge is -2.23. The molecule has 0 radical (unpaired) electrons. The maximum Gasteiger partial charge on any atom is 0.0621 e. The molecule has 0 aliphatic heterocycles. The fourth-order valence-corrected chi connectivity index (χ4v) is 1.17. The van der Waals surface area contributed by atoms with Gasteiger partial charge in [-0.15, -0.1) is 0 Å². The van der Waals surface area contributed by atoms with Crippen LogP contribution in [0, 0.1) is 16.7 Å². The van der Waals surface area contributed by atoms with Crippen molar-refractivity contribution in [2.24, 2.45) is 5.41 Å². The van der Waals surface area contributed by atoms with Crippen LogP contribution in [-0.4, -0.2) is 13.1 Å². The van der Waals surface area contributed by atoms with Crippen molar-refractivity contribution in [1.29, 1.82) is 5.26 Å². The van der Waals surface area contributed by atoms with Gasteiger partial charge in [-0.05, 0) is 25.7 Å². The maximum atomic E-state index is 8.49. The summed E-state index contributed by atoms with van der Waals surface area (Å²) in [6, 6.07) is 2.19. The van der Waals surface area contributed by atoms with Gasteiger partial charge in [0.25, 0.3) is 0 Å². The third-order valence-electron chi connectivity index (χ3n) is 2.17. The second-order valence-corrected chi connectivity index (χ2v) is 4.73. The number of nitrogens with one attached hydrogen (secondary N) is 1. The Bertz CT molecular complexity index is 217. The average Bonchev–Trinajstić information content (AvgIpc) is 2.09. The van der Waals surface area contributed by atoms with Gasteiger partial charge in [-0.1, -0.05) is 25.5 Å². The van der Waals surface area contributed by atoms with Crippen LogP contribution >= 0.6 is 0 Å². The highest BCUT2D eigenvalue weighted by Crippen LogP contribution is 2.20. The zero-order valence-corrected chi connectivity index (χ0v) is 9.85. The predicted octanol–water partition coefficient (Wildman–Crippen LogP) is 2.87. The molecular weight excluding hydrogens is 172 g/mol. The standard InChI is InChI=1S/C12H22N2/c1-11(2)6-9-14-10-12(3,4)7-5-8-13/h6,14H,5,7,9-10H2,1-4H3. The molecule has 0 bridgehead atoms. The minimum Gasteiger partial charge on any atom is -0.313 e. The fraction of sp³-hybridized carbons (Fsp3) is 0.750. The van der Waals surface area contributed by atoms with E-state index in [0.717, 1.165) is 19.5 Å². The topological polar surface area (TPSA) is 35.8 Å². The molecule has 0 fully saturated rings. The molecule has 0 saturated heterocycles. The van der Waals surface area contributed by atoms with Crippen LogP contribution in [0.3, 0.4) is 0 Å². The van der Waals surface area contributed by atoms with Gasteiger partial charge < -0.3 is 5.32 Å². The summed E-state index contributed by atoms with van der Waals surface area (Å²) in [5.41, 5.74) is 1.57. The molecule has 0 heterocycles. The number of nitrogens with zero attached hydrogens (tertiary/aromatic N) is 1. The van der Waals surface area contributed by atoms with Crippen LogP contribution in [0.4, 0.5) is 0 Å². The lowest BCUT2D eigenvalue weighted by molar-refractivity contribution is 0.323. The van der Waals surface area contributed by atoms with Crippen LogP contribution in [0.1, 0.15) is 40.5 Å². The summed E-state index contributed by atoms with van der Waals surface area (Å²) >= 11 is 0. The fourth-order valence-electron chi connectivity index (χ4n) is 1.17. The third kappa shape index (κ3) is 7.82. The lowest BCUT2D eigenvalue weighted by atomic mass is 9.88. The molecule has 0 spiro atoms. The van der Waals surface area contributed by atoms with E-state index < -0.39 is 0 Å². The Kier molecular flexibility index (Phi) is 6.23. The summed E-state index contributed by atoms with van der Waals surface area (Å²) in [6.07, 6.45) is 3.79. The van der Waals surface area contributed by atoms with Gasteiger partial charge in [-0.2, -0.15) is 5.26 Å². The molecule has 0 atom stereocenters. The molecule has 14 heavy (non-hydrogen) atoms. The molecule has 0 amide bonds. The largest absolute Gasteiger partial charge is 0.313 e. The van der Waals surface area contributed by atoms with Gasteiger partial charge in [0.05, 0.1) is 6.07 Å². The van der Waals surface area contributed by atoms with Gasteiger partial charge in [-0.25, -0.2) is 0 Å². The van der Waals surface area contributed by atoms with Crippen molar-refractivity contribution >= 4 is 0 Å². The summed E-state index contributed by atoms with van der Waals surface area (Å²) in [5.74, 6) is 0. The Morgan fingerprint density at radius 3 is 2.57 bits per heavy atom. The quantitative estimate of drug-likeness (QED) is 0.521. The summed E-state index contributed by atoms with van der Waals surface area (Å²) in [4.78, 5) is 0. The summed E-state index contributed by atoms with van der Waals surface area (Å²) in [6.45, 7) is 10.5. The highest BCUT2D eigenvalue weighted by Gasteiger charge is 2.15. The average molecular weight is 194 g/mol. The second kappa shape index (κ2) is 6.62. The number of allylic oxidation sites excluding steroid dienone is 1. The molecule has 2 heteroatoms. The van der Waals surface area contributed by atoms with E-state index in [9.17, 15) is 0 Å². The van der Waals surface area contributed by atoms with Gasteiger partial charge in [-0.3, -0.25) is 0 Å². The van der Waals surface area contributed by atoms with E-state index in [1.165, 1.54) is 5.57 Å². The van der Waals surface area contributed by atoms with Crippen LogP contribution in [0.5, 0.6) is 0 Å². The van der Waals surface area contributed by atoms with Crippen LogP contribution < -0.4 is 5.32 Å². The Hall–Kier alpha value is -0.810. The van der Waals surface area contributed by atoms with Crippen molar-refractivity contribution in [2.75, 3.05) is 13.1 Å². The summed E-state index contributed by atoms with van der Waals surface area (Å²) < 4.78 is 0. The van der Waals surface area contributed by atoms with Crippen LogP contribution in [0.2, 0.25) is 0 Å². The normalized spacial score (nSPS) is 10.8. The lowest BCUT2D eigenvalue weighted by Crippen LogP contribution is -2.29. The van der Waals surface area contributed by atoms with E-state index in [1.807, 2.05) is 0 Å². The van der Waals surface area contributed by atoms with Gasteiger partial charge >= 0.3 is 0 Å². The van der Waals surface area contributed by atoms with E-state index in [1.54, 1.807) is 0 Å². The van der Waals surface area contributed by atoms with Crippen molar-refractivity contribution in [1.82, 2.24) is 5.32 Å². The van der Waals surface area contributed by atoms with Crippen molar-refractivity contribution in [3.63, 3.8) is 0 Å². The van der Waals surface area contributed by atoms with Crippen LogP contribution in [0.15, 0.2) is 11.6 Å². The first-order chi connectivity index (χ1) is 6.48. The molecule has 0 aromatic heterocycles. The molecule has 80 valence electrons. The monoisotopic (exact) mass is 194 g/mol. The molecule has 0 aromatic rings. The van der Waals surface area contributed by atoms with E-state index in [4.69, 9.17) is 5.26 Å². The molecule has 0 aliphatic rings. The number of nitriles is 1.